The molecule has 4 aliphatic rings. The zero-order valence-electron chi connectivity index (χ0n) is 14.6. The van der Waals surface area contributed by atoms with Crippen LogP contribution in [-0.4, -0.2) is 17.9 Å². The predicted molar refractivity (Wildman–Crippen MR) is 93.2 cm³/mol. The Balaban J connectivity index is 1.38. The van der Waals surface area contributed by atoms with Crippen LogP contribution in [0.2, 0.25) is 0 Å². The maximum atomic E-state index is 13.0. The number of amides is 2. The first kappa shape index (κ1) is 16.6. The van der Waals surface area contributed by atoms with Crippen molar-refractivity contribution >= 4 is 17.5 Å². The number of benzene rings is 1. The van der Waals surface area contributed by atoms with E-state index in [1.54, 1.807) is 6.92 Å². The van der Waals surface area contributed by atoms with E-state index in [1.165, 1.54) is 43.5 Å². The second-order valence-corrected chi connectivity index (χ2v) is 8.39. The first-order valence-corrected chi connectivity index (χ1v) is 9.31. The van der Waals surface area contributed by atoms with E-state index in [2.05, 4.69) is 10.6 Å². The Morgan fingerprint density at radius 2 is 1.56 bits per heavy atom. The summed E-state index contributed by atoms with van der Waals surface area (Å²) in [6.45, 7) is 1.71. The Morgan fingerprint density at radius 1 is 1.04 bits per heavy atom. The van der Waals surface area contributed by atoms with Crippen LogP contribution in [0.4, 0.5) is 10.1 Å². The van der Waals surface area contributed by atoms with Gasteiger partial charge in [-0.25, -0.2) is 4.39 Å². The number of hydrogen-bond donors (Lipinski definition) is 2. The van der Waals surface area contributed by atoms with Crippen LogP contribution in [0.25, 0.3) is 0 Å². The van der Waals surface area contributed by atoms with Crippen LogP contribution in [0, 0.1) is 29.0 Å². The quantitative estimate of drug-likeness (QED) is 0.878. The Morgan fingerprint density at radius 3 is 2.08 bits per heavy atom. The van der Waals surface area contributed by atoms with Gasteiger partial charge in [0, 0.05) is 11.1 Å². The van der Waals surface area contributed by atoms with E-state index < -0.39 is 6.04 Å². The summed E-state index contributed by atoms with van der Waals surface area (Å²) >= 11 is 0. The van der Waals surface area contributed by atoms with Crippen molar-refractivity contribution in [2.75, 3.05) is 5.32 Å². The summed E-state index contributed by atoms with van der Waals surface area (Å²) in [6, 6.07) is 5.02. The number of rotatable bonds is 4. The third-order valence-electron chi connectivity index (χ3n) is 6.37. The van der Waals surface area contributed by atoms with Gasteiger partial charge in [0.25, 0.3) is 0 Å². The van der Waals surface area contributed by atoms with Gasteiger partial charge in [-0.2, -0.15) is 0 Å². The highest BCUT2D eigenvalue weighted by Crippen LogP contribution is 2.60. The van der Waals surface area contributed by atoms with E-state index in [0.717, 1.165) is 19.3 Å². The Hall–Kier alpha value is -1.91. The number of nitrogens with one attached hydrogen (secondary N) is 2. The smallest absolute Gasteiger partial charge is 0.246 e. The van der Waals surface area contributed by atoms with Gasteiger partial charge in [-0.05, 0) is 87.5 Å². The highest BCUT2D eigenvalue weighted by atomic mass is 19.1. The Labute approximate surface area is 147 Å². The minimum atomic E-state index is -0.606. The molecule has 0 aromatic heterocycles. The zero-order valence-corrected chi connectivity index (χ0v) is 14.6. The molecule has 0 spiro atoms. The molecule has 0 saturated heterocycles. The van der Waals surface area contributed by atoms with Gasteiger partial charge in [0.2, 0.25) is 11.8 Å². The molecule has 4 fully saturated rings. The monoisotopic (exact) mass is 344 g/mol. The molecule has 1 atom stereocenters. The van der Waals surface area contributed by atoms with E-state index in [0.29, 0.717) is 23.4 Å². The van der Waals surface area contributed by atoms with Gasteiger partial charge < -0.3 is 10.6 Å². The molecule has 5 heteroatoms. The van der Waals surface area contributed by atoms with Gasteiger partial charge in [0.05, 0.1) is 0 Å². The Kier molecular flexibility index (Phi) is 4.05. The summed E-state index contributed by atoms with van der Waals surface area (Å²) < 4.78 is 12.9. The number of halogens is 1. The number of anilines is 1. The number of carbonyl (C=O) groups excluding carboxylic acids is 2. The molecule has 0 radical (unpaired) electrons. The Bertz CT molecular complexity index is 650. The van der Waals surface area contributed by atoms with Crippen molar-refractivity contribution in [1.82, 2.24) is 5.32 Å². The normalized spacial score (nSPS) is 33.8. The predicted octanol–water partition coefficient (Wildman–Crippen LogP) is 3.49. The van der Waals surface area contributed by atoms with Gasteiger partial charge in [0.1, 0.15) is 11.9 Å². The summed E-state index contributed by atoms with van der Waals surface area (Å²) in [7, 11) is 0. The second-order valence-electron chi connectivity index (χ2n) is 8.39. The first-order chi connectivity index (χ1) is 11.9. The molecule has 1 aromatic rings. The molecule has 4 bridgehead atoms. The van der Waals surface area contributed by atoms with Crippen molar-refractivity contribution in [3.63, 3.8) is 0 Å². The van der Waals surface area contributed by atoms with Crippen LogP contribution in [0.1, 0.15) is 45.4 Å². The minimum Gasteiger partial charge on any atom is -0.344 e. The van der Waals surface area contributed by atoms with Crippen LogP contribution < -0.4 is 10.6 Å². The maximum absolute atomic E-state index is 13.0. The number of carbonyl (C=O) groups is 2. The maximum Gasteiger partial charge on any atom is 0.246 e. The molecule has 134 valence electrons. The van der Waals surface area contributed by atoms with Crippen LogP contribution in [0.3, 0.4) is 0 Å². The van der Waals surface area contributed by atoms with Gasteiger partial charge in [-0.15, -0.1) is 0 Å². The van der Waals surface area contributed by atoms with Crippen LogP contribution >= 0.6 is 0 Å². The molecule has 0 aliphatic heterocycles. The molecule has 5 rings (SSSR count). The lowest BCUT2D eigenvalue weighted by atomic mass is 9.49. The van der Waals surface area contributed by atoms with Gasteiger partial charge in [-0.1, -0.05) is 0 Å². The minimum absolute atomic E-state index is 0.0494. The lowest BCUT2D eigenvalue weighted by Gasteiger charge is -2.55. The van der Waals surface area contributed by atoms with E-state index in [-0.39, 0.29) is 23.0 Å². The molecule has 0 heterocycles. The van der Waals surface area contributed by atoms with Crippen molar-refractivity contribution < 1.29 is 14.0 Å². The highest BCUT2D eigenvalue weighted by Gasteiger charge is 2.54. The van der Waals surface area contributed by atoms with E-state index >= 15 is 0 Å². The fraction of sp³-hybridized carbons (Fsp3) is 0.600. The van der Waals surface area contributed by atoms with Crippen LogP contribution in [-0.2, 0) is 9.59 Å². The van der Waals surface area contributed by atoms with Crippen molar-refractivity contribution in [2.45, 2.75) is 51.5 Å². The summed E-state index contributed by atoms with van der Waals surface area (Å²) in [5.41, 5.74) is 0.279. The van der Waals surface area contributed by atoms with Gasteiger partial charge >= 0.3 is 0 Å². The van der Waals surface area contributed by atoms with E-state index in [1.807, 2.05) is 0 Å². The second kappa shape index (κ2) is 6.11. The van der Waals surface area contributed by atoms with Crippen LogP contribution in [0.15, 0.2) is 24.3 Å². The fourth-order valence-corrected chi connectivity index (χ4v) is 5.59. The van der Waals surface area contributed by atoms with Gasteiger partial charge in [-0.3, -0.25) is 9.59 Å². The summed E-state index contributed by atoms with van der Waals surface area (Å²) in [6.07, 6.45) is 6.80. The molecule has 1 aromatic carbocycles. The molecular weight excluding hydrogens is 319 g/mol. The largest absolute Gasteiger partial charge is 0.344 e. The topological polar surface area (TPSA) is 58.2 Å². The van der Waals surface area contributed by atoms with Crippen molar-refractivity contribution in [3.8, 4) is 0 Å². The third-order valence-corrected chi connectivity index (χ3v) is 6.37. The van der Waals surface area contributed by atoms with E-state index in [4.69, 9.17) is 0 Å². The molecule has 0 unspecified atom stereocenters. The van der Waals surface area contributed by atoms with Crippen molar-refractivity contribution in [2.24, 2.45) is 23.2 Å². The molecular formula is C20H25FN2O2. The zero-order chi connectivity index (χ0) is 17.6. The highest BCUT2D eigenvalue weighted by molar-refractivity contribution is 5.97. The third kappa shape index (κ3) is 3.16. The fourth-order valence-electron chi connectivity index (χ4n) is 5.59. The van der Waals surface area contributed by atoms with Gasteiger partial charge in [0.15, 0.2) is 0 Å². The van der Waals surface area contributed by atoms with Crippen molar-refractivity contribution in [1.29, 1.82) is 0 Å². The summed E-state index contributed by atoms with van der Waals surface area (Å²) in [5, 5.41) is 5.67. The molecule has 4 saturated carbocycles. The van der Waals surface area contributed by atoms with Crippen LogP contribution in [0.5, 0.6) is 0 Å². The summed E-state index contributed by atoms with van der Waals surface area (Å²) in [5.74, 6) is 1.51. The lowest BCUT2D eigenvalue weighted by molar-refractivity contribution is -0.147. The number of hydrogen-bond acceptors (Lipinski definition) is 2. The average molecular weight is 344 g/mol. The average Bonchev–Trinajstić information content (AvgIpc) is 2.55. The summed E-state index contributed by atoms with van der Waals surface area (Å²) in [4.78, 5) is 25.3. The molecule has 2 N–H and O–H groups in total. The standard InChI is InChI=1S/C20H25FN2O2/c1-12(18(24)23-17-4-2-16(21)3-5-17)22-19(25)20-9-13-6-14(10-20)8-15(7-13)11-20/h2-5,12-15H,6-11H2,1H3,(H,22,25)(H,23,24)/t12-,13?,14?,15?,20?/m0/s1. The molecule has 4 nitrogen and oxygen atoms in total. The van der Waals surface area contributed by atoms with E-state index in [9.17, 15) is 14.0 Å². The van der Waals surface area contributed by atoms with Crippen molar-refractivity contribution in [3.05, 3.63) is 30.1 Å². The molecule has 2 amide bonds. The first-order valence-electron chi connectivity index (χ1n) is 9.31. The molecule has 4 aliphatic carbocycles. The SMILES string of the molecule is C[C@H](NC(=O)C12CC3CC(CC(C3)C1)C2)C(=O)Nc1ccc(F)cc1. The lowest BCUT2D eigenvalue weighted by Crippen LogP contribution is -2.56. The molecule has 25 heavy (non-hydrogen) atoms.